The zero-order valence-corrected chi connectivity index (χ0v) is 7.38. The molecule has 0 aromatic rings. The first-order valence-corrected chi connectivity index (χ1v) is 3.72. The van der Waals surface area contributed by atoms with Gasteiger partial charge in [-0.2, -0.15) is 18.2 Å². The average Bonchev–Trinajstić information content (AvgIpc) is 2.00. The Morgan fingerprint density at radius 2 is 2.07 bits per heavy atom. The second kappa shape index (κ2) is 5.01. The number of hydrogen-bond acceptors (Lipinski definition) is 3. The third-order valence-corrected chi connectivity index (χ3v) is 1.38. The summed E-state index contributed by atoms with van der Waals surface area (Å²) in [5.41, 5.74) is 0. The third kappa shape index (κ3) is 5.60. The van der Waals surface area contributed by atoms with Gasteiger partial charge in [0.25, 0.3) is 0 Å². The highest BCUT2D eigenvalue weighted by atomic mass is 19.4. The van der Waals surface area contributed by atoms with E-state index in [4.69, 9.17) is 10.3 Å². The van der Waals surface area contributed by atoms with Gasteiger partial charge in [-0.05, 0) is 6.92 Å². The van der Waals surface area contributed by atoms with Gasteiger partial charge in [0.05, 0.1) is 12.6 Å². The van der Waals surface area contributed by atoms with E-state index in [1.165, 1.54) is 6.92 Å². The molecule has 5 nitrogen and oxygen atoms in total. The maximum atomic E-state index is 11.6. The fourth-order valence-corrected chi connectivity index (χ4v) is 0.698. The minimum absolute atomic E-state index is 0.0522. The molecule has 1 amide bonds. The van der Waals surface area contributed by atoms with E-state index < -0.39 is 24.9 Å². The SMILES string of the molecule is CC(CNCC(F)(F)F)N(O)C(=O)O. The molecule has 0 radical (unpaired) electrons. The largest absolute Gasteiger partial charge is 0.463 e. The van der Waals surface area contributed by atoms with Crippen molar-refractivity contribution in [2.24, 2.45) is 0 Å². The van der Waals surface area contributed by atoms with Crippen molar-refractivity contribution >= 4 is 6.09 Å². The summed E-state index contributed by atoms with van der Waals surface area (Å²) in [7, 11) is 0. The highest BCUT2D eigenvalue weighted by molar-refractivity contribution is 5.63. The molecule has 0 rings (SSSR count). The molecular weight excluding hydrogens is 205 g/mol. The first kappa shape index (κ1) is 13.0. The third-order valence-electron chi connectivity index (χ3n) is 1.38. The molecule has 84 valence electrons. The number of hydroxylamine groups is 2. The lowest BCUT2D eigenvalue weighted by Gasteiger charge is -2.20. The van der Waals surface area contributed by atoms with Crippen LogP contribution in [0.2, 0.25) is 0 Å². The summed E-state index contributed by atoms with van der Waals surface area (Å²) in [5, 5.41) is 18.9. The number of halogens is 3. The summed E-state index contributed by atoms with van der Waals surface area (Å²) in [4.78, 5) is 10.1. The quantitative estimate of drug-likeness (QED) is 0.482. The standard InChI is InChI=1S/C6H11F3N2O3/c1-4(11(14)5(12)13)2-10-3-6(7,8)9/h4,10,14H,2-3H2,1H3,(H,12,13). The van der Waals surface area contributed by atoms with Crippen LogP contribution in [0.1, 0.15) is 6.92 Å². The minimum Gasteiger partial charge on any atom is -0.463 e. The van der Waals surface area contributed by atoms with Crippen molar-refractivity contribution in [1.29, 1.82) is 0 Å². The first-order valence-electron chi connectivity index (χ1n) is 3.72. The molecule has 0 aromatic carbocycles. The van der Waals surface area contributed by atoms with Gasteiger partial charge in [-0.15, -0.1) is 0 Å². The predicted molar refractivity (Wildman–Crippen MR) is 40.0 cm³/mol. The monoisotopic (exact) mass is 216 g/mol. The Bertz CT molecular complexity index is 197. The Hall–Kier alpha value is -1.02. The molecule has 0 aromatic heterocycles. The number of nitrogens with zero attached hydrogens (tertiary/aromatic N) is 1. The van der Waals surface area contributed by atoms with Crippen LogP contribution in [-0.4, -0.2) is 46.8 Å². The van der Waals surface area contributed by atoms with Gasteiger partial charge in [0, 0.05) is 6.54 Å². The van der Waals surface area contributed by atoms with E-state index in [9.17, 15) is 18.0 Å². The number of carboxylic acid groups (broad SMARTS) is 1. The van der Waals surface area contributed by atoms with Crippen molar-refractivity contribution < 1.29 is 28.3 Å². The fourth-order valence-electron chi connectivity index (χ4n) is 0.698. The molecule has 0 spiro atoms. The summed E-state index contributed by atoms with van der Waals surface area (Å²) in [6.07, 6.45) is -5.95. The molecule has 0 saturated carbocycles. The van der Waals surface area contributed by atoms with Crippen LogP contribution >= 0.6 is 0 Å². The maximum absolute atomic E-state index is 11.6. The molecule has 0 aliphatic rings. The van der Waals surface area contributed by atoms with Crippen LogP contribution < -0.4 is 5.32 Å². The molecule has 3 N–H and O–H groups in total. The molecule has 0 heterocycles. The second-order valence-corrected chi connectivity index (χ2v) is 2.72. The average molecular weight is 216 g/mol. The van der Waals surface area contributed by atoms with Crippen molar-refractivity contribution in [3.8, 4) is 0 Å². The van der Waals surface area contributed by atoms with Crippen LogP contribution in [0.25, 0.3) is 0 Å². The number of alkyl halides is 3. The van der Waals surface area contributed by atoms with Crippen LogP contribution in [0.15, 0.2) is 0 Å². The zero-order chi connectivity index (χ0) is 11.4. The van der Waals surface area contributed by atoms with Crippen molar-refractivity contribution in [3.63, 3.8) is 0 Å². The maximum Gasteiger partial charge on any atom is 0.431 e. The molecule has 1 unspecified atom stereocenters. The van der Waals surface area contributed by atoms with Crippen LogP contribution in [0, 0.1) is 0 Å². The molecule has 0 aliphatic heterocycles. The smallest absolute Gasteiger partial charge is 0.431 e. The lowest BCUT2D eigenvalue weighted by molar-refractivity contribution is -0.128. The van der Waals surface area contributed by atoms with E-state index in [0.29, 0.717) is 0 Å². The van der Waals surface area contributed by atoms with Crippen LogP contribution in [0.5, 0.6) is 0 Å². The van der Waals surface area contributed by atoms with Crippen LogP contribution in [-0.2, 0) is 0 Å². The minimum atomic E-state index is -4.34. The molecule has 8 heteroatoms. The highest BCUT2D eigenvalue weighted by Gasteiger charge is 2.27. The Balaban J connectivity index is 3.75. The van der Waals surface area contributed by atoms with Crippen LogP contribution in [0.4, 0.5) is 18.0 Å². The highest BCUT2D eigenvalue weighted by Crippen LogP contribution is 2.12. The molecule has 1 atom stereocenters. The van der Waals surface area contributed by atoms with E-state index in [1.54, 1.807) is 0 Å². The Labute approximate surface area is 78.1 Å². The van der Waals surface area contributed by atoms with Gasteiger partial charge in [-0.3, -0.25) is 5.21 Å². The van der Waals surface area contributed by atoms with Gasteiger partial charge in [0.15, 0.2) is 0 Å². The van der Waals surface area contributed by atoms with Crippen LogP contribution in [0.3, 0.4) is 0 Å². The Morgan fingerprint density at radius 3 is 2.43 bits per heavy atom. The van der Waals surface area contributed by atoms with Crippen molar-refractivity contribution in [2.75, 3.05) is 13.1 Å². The predicted octanol–water partition coefficient (Wildman–Crippen LogP) is 0.896. The number of hydrogen-bond donors (Lipinski definition) is 3. The van der Waals surface area contributed by atoms with Gasteiger partial charge in [-0.1, -0.05) is 0 Å². The lowest BCUT2D eigenvalue weighted by Crippen LogP contribution is -2.43. The van der Waals surface area contributed by atoms with Gasteiger partial charge in [0.2, 0.25) is 0 Å². The van der Waals surface area contributed by atoms with Crippen molar-refractivity contribution in [2.45, 2.75) is 19.1 Å². The van der Waals surface area contributed by atoms with E-state index in [-0.39, 0.29) is 11.6 Å². The molecular formula is C6H11F3N2O3. The van der Waals surface area contributed by atoms with E-state index in [0.717, 1.165) is 0 Å². The van der Waals surface area contributed by atoms with E-state index in [1.807, 2.05) is 5.32 Å². The zero-order valence-electron chi connectivity index (χ0n) is 7.38. The second-order valence-electron chi connectivity index (χ2n) is 2.72. The molecule has 0 saturated heterocycles. The number of carbonyl (C=O) groups is 1. The van der Waals surface area contributed by atoms with E-state index in [2.05, 4.69) is 0 Å². The number of nitrogens with one attached hydrogen (secondary N) is 1. The molecule has 14 heavy (non-hydrogen) atoms. The normalized spacial score (nSPS) is 13.8. The summed E-state index contributed by atoms with van der Waals surface area (Å²) in [6.45, 7) is -0.218. The topological polar surface area (TPSA) is 72.8 Å². The Morgan fingerprint density at radius 1 is 1.57 bits per heavy atom. The summed E-state index contributed by atoms with van der Waals surface area (Å²) in [6, 6.07) is -0.935. The lowest BCUT2D eigenvalue weighted by atomic mass is 10.3. The van der Waals surface area contributed by atoms with Crippen molar-refractivity contribution in [1.82, 2.24) is 10.4 Å². The number of amides is 1. The molecule has 0 bridgehead atoms. The fraction of sp³-hybridized carbons (Fsp3) is 0.833. The summed E-state index contributed by atoms with van der Waals surface area (Å²) < 4.78 is 34.8. The Kier molecular flexibility index (Phi) is 4.64. The van der Waals surface area contributed by atoms with Gasteiger partial charge < -0.3 is 10.4 Å². The van der Waals surface area contributed by atoms with Crippen molar-refractivity contribution in [3.05, 3.63) is 0 Å². The molecule has 0 aliphatic carbocycles. The van der Waals surface area contributed by atoms with Gasteiger partial charge in [0.1, 0.15) is 0 Å². The van der Waals surface area contributed by atoms with E-state index >= 15 is 0 Å². The number of rotatable bonds is 4. The van der Waals surface area contributed by atoms with Gasteiger partial charge >= 0.3 is 12.3 Å². The molecule has 0 fully saturated rings. The first-order chi connectivity index (χ1) is 6.24. The summed E-state index contributed by atoms with van der Waals surface area (Å²) >= 11 is 0. The van der Waals surface area contributed by atoms with Gasteiger partial charge in [-0.25, -0.2) is 4.79 Å². The summed E-state index contributed by atoms with van der Waals surface area (Å²) in [5.74, 6) is 0.